The molecule has 1 N–H and O–H groups in total. The van der Waals surface area contributed by atoms with Crippen LogP contribution in [0.3, 0.4) is 0 Å². The topological polar surface area (TPSA) is 46.5 Å². The minimum Gasteiger partial charge on any atom is -0.479 e. The van der Waals surface area contributed by atoms with Crippen LogP contribution in [0.15, 0.2) is 72.5 Å². The second-order valence-electron chi connectivity index (χ2n) is 7.87. The number of benzene rings is 2. The second kappa shape index (κ2) is 8.87. The molecule has 29 heavy (non-hydrogen) atoms. The van der Waals surface area contributed by atoms with Crippen molar-refractivity contribution in [1.29, 1.82) is 0 Å². The van der Waals surface area contributed by atoms with E-state index in [1.807, 2.05) is 42.5 Å². The molecule has 0 aliphatic heterocycles. The van der Waals surface area contributed by atoms with Gasteiger partial charge in [-0.15, -0.1) is 0 Å². The summed E-state index contributed by atoms with van der Waals surface area (Å²) in [6.45, 7) is 0. The highest BCUT2D eigenvalue weighted by Crippen LogP contribution is 2.37. The lowest BCUT2D eigenvalue weighted by atomic mass is 9.91. The molecule has 2 aromatic rings. The van der Waals surface area contributed by atoms with Crippen LogP contribution in [-0.4, -0.2) is 17.2 Å². The summed E-state index contributed by atoms with van der Waals surface area (Å²) in [4.78, 5) is 11.7. The molecule has 0 heterocycles. The molecule has 4 heteroatoms. The summed E-state index contributed by atoms with van der Waals surface area (Å²) in [5.74, 6) is 0.902. The maximum atomic E-state index is 11.7. The molecule has 1 saturated carbocycles. The highest BCUT2D eigenvalue weighted by Gasteiger charge is 2.28. The van der Waals surface area contributed by atoms with Crippen molar-refractivity contribution in [3.63, 3.8) is 0 Å². The third-order valence-electron chi connectivity index (χ3n) is 5.89. The number of carboxylic acids is 1. The van der Waals surface area contributed by atoms with Crippen LogP contribution in [0.25, 0.3) is 11.1 Å². The van der Waals surface area contributed by atoms with Crippen LogP contribution < -0.4 is 0 Å². The Labute approximate surface area is 176 Å². The lowest BCUT2D eigenvalue weighted by molar-refractivity contribution is -0.147. The summed E-state index contributed by atoms with van der Waals surface area (Å²) in [6.07, 6.45) is 10.1. The van der Waals surface area contributed by atoms with Gasteiger partial charge in [0.05, 0.1) is 0 Å². The molecule has 3 unspecified atom stereocenters. The minimum absolute atomic E-state index is 0.439. The Morgan fingerprint density at radius 1 is 1.03 bits per heavy atom. The van der Waals surface area contributed by atoms with Crippen LogP contribution in [0.1, 0.15) is 31.2 Å². The molecule has 0 amide bonds. The summed E-state index contributed by atoms with van der Waals surface area (Å²) in [7, 11) is 0. The molecule has 0 saturated heterocycles. The smallest absolute Gasteiger partial charge is 0.344 e. The molecule has 0 radical (unpaired) electrons. The molecule has 0 aromatic heterocycles. The third kappa shape index (κ3) is 4.91. The zero-order valence-electron chi connectivity index (χ0n) is 16.3. The number of allylic oxidation sites excluding steroid dienone is 3. The number of hydrogen-bond acceptors (Lipinski definition) is 2. The number of aryl methyl sites for hydroxylation is 1. The van der Waals surface area contributed by atoms with Crippen LogP contribution in [0.4, 0.5) is 0 Å². The van der Waals surface area contributed by atoms with Crippen molar-refractivity contribution in [2.45, 2.75) is 38.2 Å². The largest absolute Gasteiger partial charge is 0.479 e. The Bertz CT molecular complexity index is 912. The molecule has 4 rings (SSSR count). The normalized spacial score (nSPS) is 21.3. The number of carbonyl (C=O) groups is 1. The van der Waals surface area contributed by atoms with Gasteiger partial charge in [0, 0.05) is 5.02 Å². The Balaban J connectivity index is 1.36. The molecule has 2 aliphatic carbocycles. The average molecular weight is 409 g/mol. The van der Waals surface area contributed by atoms with Crippen molar-refractivity contribution in [2.75, 3.05) is 0 Å². The van der Waals surface area contributed by atoms with Crippen LogP contribution in [0.2, 0.25) is 5.02 Å². The Morgan fingerprint density at radius 3 is 2.38 bits per heavy atom. The van der Waals surface area contributed by atoms with E-state index in [4.69, 9.17) is 16.3 Å². The van der Waals surface area contributed by atoms with Gasteiger partial charge >= 0.3 is 5.97 Å². The first-order chi connectivity index (χ1) is 14.1. The van der Waals surface area contributed by atoms with Crippen LogP contribution in [0, 0.1) is 11.8 Å². The molecule has 3 nitrogen and oxygen atoms in total. The Hall–Kier alpha value is -2.52. The molecular formula is C25H25ClO3. The van der Waals surface area contributed by atoms with Crippen LogP contribution >= 0.6 is 11.6 Å². The number of hydrogen-bond donors (Lipinski definition) is 1. The van der Waals surface area contributed by atoms with Gasteiger partial charge < -0.3 is 9.84 Å². The Kier molecular flexibility index (Phi) is 6.05. The van der Waals surface area contributed by atoms with Crippen molar-refractivity contribution in [3.8, 4) is 11.1 Å². The molecule has 2 aromatic carbocycles. The number of halogens is 1. The molecule has 0 spiro atoms. The van der Waals surface area contributed by atoms with Gasteiger partial charge in [0.2, 0.25) is 0 Å². The summed E-state index contributed by atoms with van der Waals surface area (Å²) >= 11 is 5.95. The standard InChI is InChI=1S/C25H25ClO3/c26-22-12-9-20(10-13-22)19-7-4-17(5-8-19)6-15-24(25(27)28)29-23-14-11-18-2-1-3-21(18)16-23/h4-5,7-14,16,18,21,24H,1-3,6,15H2,(H,27,28). The first-order valence-electron chi connectivity index (χ1n) is 10.2. The van der Waals surface area contributed by atoms with Crippen molar-refractivity contribution in [2.24, 2.45) is 11.8 Å². The van der Waals surface area contributed by atoms with Crippen molar-refractivity contribution >= 4 is 17.6 Å². The van der Waals surface area contributed by atoms with Gasteiger partial charge in [-0.25, -0.2) is 4.79 Å². The van der Waals surface area contributed by atoms with Gasteiger partial charge in [0.15, 0.2) is 6.10 Å². The molecule has 150 valence electrons. The van der Waals surface area contributed by atoms with Crippen molar-refractivity contribution < 1.29 is 14.6 Å². The molecular weight excluding hydrogens is 384 g/mol. The summed E-state index contributed by atoms with van der Waals surface area (Å²) in [5, 5.41) is 10.3. The van der Waals surface area contributed by atoms with E-state index in [1.165, 1.54) is 19.3 Å². The monoisotopic (exact) mass is 408 g/mol. The number of aliphatic carboxylic acids is 1. The fourth-order valence-corrected chi connectivity index (χ4v) is 4.35. The quantitative estimate of drug-likeness (QED) is 0.586. The number of ether oxygens (including phenoxy) is 1. The summed E-state index contributed by atoms with van der Waals surface area (Å²) in [6, 6.07) is 15.9. The van der Waals surface area contributed by atoms with E-state index in [1.54, 1.807) is 0 Å². The van der Waals surface area contributed by atoms with Crippen LogP contribution in [0.5, 0.6) is 0 Å². The van der Waals surface area contributed by atoms with E-state index < -0.39 is 12.1 Å². The maximum absolute atomic E-state index is 11.7. The van der Waals surface area contributed by atoms with Gasteiger partial charge in [-0.05, 0) is 78.5 Å². The fourth-order valence-electron chi connectivity index (χ4n) is 4.23. The second-order valence-corrected chi connectivity index (χ2v) is 8.31. The number of fused-ring (bicyclic) bond motifs is 1. The van der Waals surface area contributed by atoms with Gasteiger partial charge in [0.25, 0.3) is 0 Å². The molecule has 0 bridgehead atoms. The van der Waals surface area contributed by atoms with Gasteiger partial charge in [-0.3, -0.25) is 0 Å². The van der Waals surface area contributed by atoms with Gasteiger partial charge in [-0.1, -0.05) is 60.5 Å². The zero-order chi connectivity index (χ0) is 20.2. The molecule has 1 fully saturated rings. The predicted octanol–water partition coefficient (Wildman–Crippen LogP) is 6.28. The first kappa shape index (κ1) is 19.8. The lowest BCUT2D eigenvalue weighted by Crippen LogP contribution is -2.25. The first-order valence-corrected chi connectivity index (χ1v) is 10.6. The maximum Gasteiger partial charge on any atom is 0.344 e. The van der Waals surface area contributed by atoms with E-state index in [9.17, 15) is 9.90 Å². The van der Waals surface area contributed by atoms with E-state index in [0.717, 1.165) is 21.7 Å². The van der Waals surface area contributed by atoms with E-state index in [0.29, 0.717) is 30.4 Å². The Morgan fingerprint density at radius 2 is 1.69 bits per heavy atom. The van der Waals surface area contributed by atoms with Gasteiger partial charge in [-0.2, -0.15) is 0 Å². The fraction of sp³-hybridized carbons (Fsp3) is 0.320. The number of rotatable bonds is 7. The highest BCUT2D eigenvalue weighted by atomic mass is 35.5. The summed E-state index contributed by atoms with van der Waals surface area (Å²) < 4.78 is 5.85. The zero-order valence-corrected chi connectivity index (χ0v) is 17.0. The van der Waals surface area contributed by atoms with E-state index in [2.05, 4.69) is 24.3 Å². The predicted molar refractivity (Wildman–Crippen MR) is 116 cm³/mol. The molecule has 2 aliphatic rings. The summed E-state index contributed by atoms with van der Waals surface area (Å²) in [5.41, 5.74) is 3.32. The highest BCUT2D eigenvalue weighted by molar-refractivity contribution is 6.30. The molecule has 3 atom stereocenters. The number of carboxylic acid groups (broad SMARTS) is 1. The van der Waals surface area contributed by atoms with Crippen LogP contribution in [-0.2, 0) is 16.0 Å². The third-order valence-corrected chi connectivity index (χ3v) is 6.14. The average Bonchev–Trinajstić information content (AvgIpc) is 3.20. The SMILES string of the molecule is O=C(O)C(CCc1ccc(-c2ccc(Cl)cc2)cc1)OC1=CC2CCCC2C=C1. The van der Waals surface area contributed by atoms with E-state index in [-0.39, 0.29) is 0 Å². The lowest BCUT2D eigenvalue weighted by Gasteiger charge is -2.22. The van der Waals surface area contributed by atoms with Gasteiger partial charge in [0.1, 0.15) is 5.76 Å². The van der Waals surface area contributed by atoms with Crippen molar-refractivity contribution in [1.82, 2.24) is 0 Å². The minimum atomic E-state index is -0.911. The van der Waals surface area contributed by atoms with E-state index >= 15 is 0 Å². The van der Waals surface area contributed by atoms with Crippen molar-refractivity contribution in [3.05, 3.63) is 83.1 Å².